The van der Waals surface area contributed by atoms with Crippen LogP contribution in [-0.2, 0) is 9.22 Å². The normalized spacial score (nSPS) is 17.9. The van der Waals surface area contributed by atoms with Crippen molar-refractivity contribution in [3.8, 4) is 0 Å². The van der Waals surface area contributed by atoms with Crippen LogP contribution in [0.15, 0.2) is 65.8 Å². The molecule has 0 radical (unpaired) electrons. The molecule has 1 aliphatic rings. The molecule has 1 fully saturated rings. The van der Waals surface area contributed by atoms with E-state index in [0.717, 1.165) is 23.3 Å². The summed E-state index contributed by atoms with van der Waals surface area (Å²) in [6.07, 6.45) is 1.28. The second kappa shape index (κ2) is 8.64. The Morgan fingerprint density at radius 3 is 1.97 bits per heavy atom. The molecular formula is C24H32N2O2Si. The van der Waals surface area contributed by atoms with Crippen molar-refractivity contribution in [2.24, 2.45) is 5.10 Å². The molecule has 2 aromatic rings. The molecule has 0 aliphatic carbocycles. The fourth-order valence-electron chi connectivity index (χ4n) is 3.52. The molecule has 1 amide bonds. The van der Waals surface area contributed by atoms with Gasteiger partial charge in [0.05, 0.1) is 17.4 Å². The number of carbonyl (C=O) groups is 1. The van der Waals surface area contributed by atoms with Crippen LogP contribution in [0, 0.1) is 0 Å². The molecule has 3 rings (SSSR count). The van der Waals surface area contributed by atoms with E-state index in [-0.39, 0.29) is 17.0 Å². The van der Waals surface area contributed by atoms with E-state index in [4.69, 9.17) is 9.53 Å². The number of hydrogen-bond donors (Lipinski definition) is 0. The smallest absolute Gasteiger partial charge is 0.243 e. The van der Waals surface area contributed by atoms with E-state index >= 15 is 0 Å². The first-order valence-corrected chi connectivity index (χ1v) is 11.6. The van der Waals surface area contributed by atoms with E-state index in [1.54, 1.807) is 5.01 Å². The van der Waals surface area contributed by atoms with E-state index in [1.165, 1.54) is 0 Å². The number of benzene rings is 2. The molecule has 1 atom stereocenters. The molecule has 0 saturated carbocycles. The lowest BCUT2D eigenvalue weighted by molar-refractivity contribution is -0.131. The molecule has 0 N–H and O–H groups in total. The maximum absolute atomic E-state index is 12.8. The summed E-state index contributed by atoms with van der Waals surface area (Å²) in [6, 6.07) is 20.1. The highest BCUT2D eigenvalue weighted by Gasteiger charge is 2.43. The van der Waals surface area contributed by atoms with Gasteiger partial charge in [-0.05, 0) is 25.3 Å². The van der Waals surface area contributed by atoms with Gasteiger partial charge in [0, 0.05) is 17.5 Å². The zero-order chi connectivity index (χ0) is 21.1. The number of hydrogen-bond acceptors (Lipinski definition) is 3. The van der Waals surface area contributed by atoms with E-state index < -0.39 is 15.4 Å². The van der Waals surface area contributed by atoms with Crippen molar-refractivity contribution in [1.29, 1.82) is 0 Å². The Balaban J connectivity index is 1.97. The quantitative estimate of drug-likeness (QED) is 0.521. The van der Waals surface area contributed by atoms with Gasteiger partial charge in [-0.25, -0.2) is 5.01 Å². The zero-order valence-corrected chi connectivity index (χ0v) is 19.6. The predicted molar refractivity (Wildman–Crippen MR) is 122 cm³/mol. The van der Waals surface area contributed by atoms with Crippen molar-refractivity contribution in [1.82, 2.24) is 5.01 Å². The van der Waals surface area contributed by atoms with Gasteiger partial charge in [0.15, 0.2) is 9.76 Å². The monoisotopic (exact) mass is 408 g/mol. The van der Waals surface area contributed by atoms with Crippen LogP contribution in [0.5, 0.6) is 0 Å². The standard InChI is InChI=1S/C24H32N2O2Si/c1-23(2,3)29-28-24(4,5)20-16-17-21(27)26(20)25-22(18-12-8-6-9-13-18)19-14-10-7-11-15-19/h6-15,20H,16-17,29H2,1-5H3. The van der Waals surface area contributed by atoms with Crippen molar-refractivity contribution in [3.05, 3.63) is 71.8 Å². The fourth-order valence-corrected chi connectivity index (χ4v) is 4.52. The summed E-state index contributed by atoms with van der Waals surface area (Å²) in [4.78, 5) is 12.8. The fraction of sp³-hybridized carbons (Fsp3) is 0.417. The van der Waals surface area contributed by atoms with Gasteiger partial charge in [0.1, 0.15) is 0 Å². The van der Waals surface area contributed by atoms with Gasteiger partial charge in [0.25, 0.3) is 0 Å². The number of hydrazone groups is 1. The second-order valence-electron chi connectivity index (χ2n) is 9.43. The summed E-state index contributed by atoms with van der Waals surface area (Å²) in [7, 11) is -0.743. The van der Waals surface area contributed by atoms with Crippen molar-refractivity contribution < 1.29 is 9.22 Å². The Labute approximate surface area is 176 Å². The second-order valence-corrected chi connectivity index (χ2v) is 12.1. The predicted octanol–water partition coefficient (Wildman–Crippen LogP) is 4.53. The van der Waals surface area contributed by atoms with Gasteiger partial charge in [-0.1, -0.05) is 81.4 Å². The Kier molecular flexibility index (Phi) is 6.39. The summed E-state index contributed by atoms with van der Waals surface area (Å²) in [5.74, 6) is 0.0634. The number of carbonyl (C=O) groups excluding carboxylic acids is 1. The highest BCUT2D eigenvalue weighted by atomic mass is 28.2. The molecule has 4 nitrogen and oxygen atoms in total. The molecule has 1 aliphatic heterocycles. The number of rotatable bonds is 6. The lowest BCUT2D eigenvalue weighted by atomic mass is 9.97. The van der Waals surface area contributed by atoms with Crippen molar-refractivity contribution in [2.45, 2.75) is 64.1 Å². The minimum absolute atomic E-state index is 0.0627. The first kappa shape index (κ1) is 21.5. The summed E-state index contributed by atoms with van der Waals surface area (Å²) in [6.45, 7) is 10.8. The van der Waals surface area contributed by atoms with Crippen LogP contribution in [0.3, 0.4) is 0 Å². The Morgan fingerprint density at radius 1 is 0.966 bits per heavy atom. The van der Waals surface area contributed by atoms with Crippen LogP contribution in [-0.4, -0.2) is 38.0 Å². The van der Waals surface area contributed by atoms with Crippen molar-refractivity contribution >= 4 is 21.4 Å². The molecule has 5 heteroatoms. The van der Waals surface area contributed by atoms with E-state index in [1.807, 2.05) is 60.7 Å². The number of amides is 1. The Hall–Kier alpha value is -2.24. The third-order valence-corrected chi connectivity index (χ3v) is 6.92. The van der Waals surface area contributed by atoms with Gasteiger partial charge >= 0.3 is 0 Å². The molecule has 0 spiro atoms. The Bertz CT molecular complexity index is 816. The Morgan fingerprint density at radius 2 is 1.48 bits per heavy atom. The third kappa shape index (κ3) is 5.43. The minimum atomic E-state index is -0.743. The molecule has 1 heterocycles. The molecule has 0 bridgehead atoms. The SMILES string of the molecule is CC(C)(C)[SiH2]OC(C)(C)C1CCC(=O)N1N=C(c1ccccc1)c1ccccc1. The van der Waals surface area contributed by atoms with Crippen LogP contribution in [0.2, 0.25) is 5.04 Å². The van der Waals surface area contributed by atoms with Gasteiger partial charge in [-0.3, -0.25) is 4.79 Å². The average Bonchev–Trinajstić information content (AvgIpc) is 3.07. The van der Waals surface area contributed by atoms with Gasteiger partial charge in [-0.15, -0.1) is 0 Å². The molecule has 2 aromatic carbocycles. The topological polar surface area (TPSA) is 41.9 Å². The summed E-state index contributed by atoms with van der Waals surface area (Å²) in [5.41, 5.74) is 2.39. The highest BCUT2D eigenvalue weighted by molar-refractivity contribution is 6.31. The van der Waals surface area contributed by atoms with E-state index in [9.17, 15) is 4.79 Å². The molecule has 154 valence electrons. The number of nitrogens with zero attached hydrogens (tertiary/aromatic N) is 2. The van der Waals surface area contributed by atoms with Crippen LogP contribution >= 0.6 is 0 Å². The molecular weight excluding hydrogens is 376 g/mol. The van der Waals surface area contributed by atoms with Crippen LogP contribution in [0.25, 0.3) is 0 Å². The maximum Gasteiger partial charge on any atom is 0.243 e. The van der Waals surface area contributed by atoms with Crippen LogP contribution < -0.4 is 0 Å². The minimum Gasteiger partial charge on any atom is -0.416 e. The molecule has 0 aromatic heterocycles. The van der Waals surface area contributed by atoms with Gasteiger partial charge < -0.3 is 4.43 Å². The summed E-state index contributed by atoms with van der Waals surface area (Å²) >= 11 is 0. The van der Waals surface area contributed by atoms with Crippen LogP contribution in [0.4, 0.5) is 0 Å². The first-order valence-electron chi connectivity index (χ1n) is 10.3. The largest absolute Gasteiger partial charge is 0.416 e. The summed E-state index contributed by atoms with van der Waals surface area (Å²) < 4.78 is 6.43. The molecule has 1 saturated heterocycles. The van der Waals surface area contributed by atoms with Crippen molar-refractivity contribution in [3.63, 3.8) is 0 Å². The lowest BCUT2D eigenvalue weighted by Crippen LogP contribution is -2.48. The highest BCUT2D eigenvalue weighted by Crippen LogP contribution is 2.33. The third-order valence-electron chi connectivity index (χ3n) is 5.16. The zero-order valence-electron chi connectivity index (χ0n) is 18.2. The van der Waals surface area contributed by atoms with E-state index in [2.05, 4.69) is 34.6 Å². The first-order chi connectivity index (χ1) is 13.7. The lowest BCUT2D eigenvalue weighted by Gasteiger charge is -2.37. The maximum atomic E-state index is 12.8. The van der Waals surface area contributed by atoms with Crippen LogP contribution in [0.1, 0.15) is 58.6 Å². The van der Waals surface area contributed by atoms with Crippen molar-refractivity contribution in [2.75, 3.05) is 0 Å². The molecule has 1 unspecified atom stereocenters. The molecule has 29 heavy (non-hydrogen) atoms. The van der Waals surface area contributed by atoms with E-state index in [0.29, 0.717) is 6.42 Å². The summed E-state index contributed by atoms with van der Waals surface area (Å²) in [5, 5.41) is 6.81. The average molecular weight is 409 g/mol. The van der Waals surface area contributed by atoms with Gasteiger partial charge in [0.2, 0.25) is 5.91 Å². The van der Waals surface area contributed by atoms with Gasteiger partial charge in [-0.2, -0.15) is 5.10 Å².